The van der Waals surface area contributed by atoms with Crippen molar-refractivity contribution in [1.82, 2.24) is 5.32 Å². The molecule has 0 heterocycles. The maximum Gasteiger partial charge on any atom is 0.237 e. The zero-order valence-electron chi connectivity index (χ0n) is 10.3. The molecule has 0 saturated carbocycles. The number of amides is 1. The van der Waals surface area contributed by atoms with Crippen LogP contribution >= 0.6 is 0 Å². The smallest absolute Gasteiger partial charge is 0.237 e. The topological polar surface area (TPSA) is 55.1 Å². The maximum absolute atomic E-state index is 11.7. The van der Waals surface area contributed by atoms with Crippen LogP contribution in [0.15, 0.2) is 24.3 Å². The Morgan fingerprint density at radius 3 is 2.88 bits per heavy atom. The van der Waals surface area contributed by atoms with E-state index >= 15 is 0 Å². The van der Waals surface area contributed by atoms with Crippen molar-refractivity contribution in [3.8, 4) is 0 Å². The molecule has 0 spiro atoms. The van der Waals surface area contributed by atoms with Gasteiger partial charge in [-0.05, 0) is 36.8 Å². The van der Waals surface area contributed by atoms with Gasteiger partial charge in [0.2, 0.25) is 5.91 Å². The zero-order valence-corrected chi connectivity index (χ0v) is 10.3. The fourth-order valence-electron chi connectivity index (χ4n) is 2.31. The van der Waals surface area contributed by atoms with Crippen LogP contribution in [0, 0.1) is 0 Å². The number of carbonyl (C=O) groups excluding carboxylic acids is 1. The lowest BCUT2D eigenvalue weighted by atomic mass is 9.88. The number of nitrogens with two attached hydrogens (primary N) is 1. The molecule has 0 fully saturated rings. The van der Waals surface area contributed by atoms with Gasteiger partial charge in [-0.25, -0.2) is 0 Å². The number of fused-ring (bicyclic) bond motifs is 1. The van der Waals surface area contributed by atoms with E-state index in [1.807, 2.05) is 6.92 Å². The number of nitrogens with one attached hydrogen (secondary N) is 1. The third kappa shape index (κ3) is 2.86. The molecule has 0 radical (unpaired) electrons. The molecule has 3 N–H and O–H groups in total. The van der Waals surface area contributed by atoms with Gasteiger partial charge >= 0.3 is 0 Å². The van der Waals surface area contributed by atoms with Crippen molar-refractivity contribution in [2.45, 2.75) is 44.7 Å². The molecular weight excluding hydrogens is 212 g/mol. The lowest BCUT2D eigenvalue weighted by molar-refractivity contribution is -0.123. The van der Waals surface area contributed by atoms with Crippen LogP contribution in [0.5, 0.6) is 0 Å². The van der Waals surface area contributed by atoms with Crippen LogP contribution in [0.3, 0.4) is 0 Å². The van der Waals surface area contributed by atoms with E-state index in [1.54, 1.807) is 0 Å². The lowest BCUT2D eigenvalue weighted by Crippen LogP contribution is -2.46. The van der Waals surface area contributed by atoms with Crippen LogP contribution < -0.4 is 11.1 Å². The second-order valence-electron chi connectivity index (χ2n) is 4.73. The molecule has 17 heavy (non-hydrogen) atoms. The number of benzene rings is 1. The van der Waals surface area contributed by atoms with Crippen molar-refractivity contribution < 1.29 is 4.79 Å². The molecule has 1 aromatic rings. The Morgan fingerprint density at radius 2 is 2.18 bits per heavy atom. The van der Waals surface area contributed by atoms with Gasteiger partial charge in [-0.3, -0.25) is 4.79 Å². The highest BCUT2D eigenvalue weighted by Crippen LogP contribution is 2.20. The fourth-order valence-corrected chi connectivity index (χ4v) is 2.31. The summed E-state index contributed by atoms with van der Waals surface area (Å²) in [5.41, 5.74) is 8.49. The maximum atomic E-state index is 11.7. The Hall–Kier alpha value is -1.35. The van der Waals surface area contributed by atoms with Crippen LogP contribution in [-0.2, 0) is 17.6 Å². The highest BCUT2D eigenvalue weighted by atomic mass is 16.2. The summed E-state index contributed by atoms with van der Waals surface area (Å²) in [5, 5.41) is 3.05. The summed E-state index contributed by atoms with van der Waals surface area (Å²) in [6, 6.07) is 8.33. The second kappa shape index (κ2) is 5.32. The van der Waals surface area contributed by atoms with Gasteiger partial charge in [0.05, 0.1) is 6.04 Å². The average molecular weight is 232 g/mol. The zero-order chi connectivity index (χ0) is 12.3. The number of hydrogen-bond donors (Lipinski definition) is 2. The molecule has 0 saturated heterocycles. The van der Waals surface area contributed by atoms with E-state index in [9.17, 15) is 4.79 Å². The first-order valence-electron chi connectivity index (χ1n) is 6.33. The summed E-state index contributed by atoms with van der Waals surface area (Å²) < 4.78 is 0. The van der Waals surface area contributed by atoms with Gasteiger partial charge in [-0.15, -0.1) is 0 Å². The Bertz CT molecular complexity index is 403. The SMILES string of the molecule is CCC(N)C(=O)NC1CCc2ccccc2C1. The van der Waals surface area contributed by atoms with Crippen LogP contribution in [0.4, 0.5) is 0 Å². The molecular formula is C14H20N2O. The first-order chi connectivity index (χ1) is 8.20. The standard InChI is InChI=1S/C14H20N2O/c1-2-13(15)14(17)16-12-8-7-10-5-3-4-6-11(10)9-12/h3-6,12-13H,2,7-9,15H2,1H3,(H,16,17). The van der Waals surface area contributed by atoms with Gasteiger partial charge in [-0.1, -0.05) is 31.2 Å². The van der Waals surface area contributed by atoms with Crippen LogP contribution in [0.1, 0.15) is 30.9 Å². The Morgan fingerprint density at radius 1 is 1.47 bits per heavy atom. The molecule has 0 aromatic heterocycles. The van der Waals surface area contributed by atoms with E-state index in [-0.39, 0.29) is 18.0 Å². The summed E-state index contributed by atoms with van der Waals surface area (Å²) in [6.45, 7) is 1.93. The highest BCUT2D eigenvalue weighted by molar-refractivity contribution is 5.81. The molecule has 0 aliphatic heterocycles. The number of carbonyl (C=O) groups is 1. The van der Waals surface area contributed by atoms with E-state index in [0.29, 0.717) is 6.42 Å². The number of hydrogen-bond acceptors (Lipinski definition) is 2. The van der Waals surface area contributed by atoms with Crippen molar-refractivity contribution in [2.75, 3.05) is 0 Å². The van der Waals surface area contributed by atoms with Crippen LogP contribution in [0.25, 0.3) is 0 Å². The second-order valence-corrected chi connectivity index (χ2v) is 4.73. The Kier molecular flexibility index (Phi) is 3.79. The van der Waals surface area contributed by atoms with Gasteiger partial charge in [-0.2, -0.15) is 0 Å². The van der Waals surface area contributed by atoms with Gasteiger partial charge in [0, 0.05) is 6.04 Å². The molecule has 3 heteroatoms. The number of aryl methyl sites for hydroxylation is 1. The summed E-state index contributed by atoms with van der Waals surface area (Å²) in [7, 11) is 0. The first-order valence-corrected chi connectivity index (χ1v) is 6.33. The summed E-state index contributed by atoms with van der Waals surface area (Å²) >= 11 is 0. The third-order valence-corrected chi connectivity index (χ3v) is 3.47. The van der Waals surface area contributed by atoms with E-state index in [0.717, 1.165) is 19.3 Å². The Labute approximate surface area is 102 Å². The minimum absolute atomic E-state index is 0.0168. The fraction of sp³-hybridized carbons (Fsp3) is 0.500. The van der Waals surface area contributed by atoms with Crippen molar-refractivity contribution >= 4 is 5.91 Å². The van der Waals surface area contributed by atoms with E-state index in [1.165, 1.54) is 11.1 Å². The van der Waals surface area contributed by atoms with E-state index < -0.39 is 0 Å². The molecule has 92 valence electrons. The minimum Gasteiger partial charge on any atom is -0.352 e. The van der Waals surface area contributed by atoms with Gasteiger partial charge in [0.15, 0.2) is 0 Å². The summed E-state index contributed by atoms with van der Waals surface area (Å²) in [4.78, 5) is 11.7. The van der Waals surface area contributed by atoms with E-state index in [2.05, 4.69) is 29.6 Å². The van der Waals surface area contributed by atoms with Crippen molar-refractivity contribution in [1.29, 1.82) is 0 Å². The highest BCUT2D eigenvalue weighted by Gasteiger charge is 2.21. The van der Waals surface area contributed by atoms with Gasteiger partial charge in [0.1, 0.15) is 0 Å². The lowest BCUT2D eigenvalue weighted by Gasteiger charge is -2.26. The average Bonchev–Trinajstić information content (AvgIpc) is 2.37. The van der Waals surface area contributed by atoms with Crippen molar-refractivity contribution in [3.63, 3.8) is 0 Å². The quantitative estimate of drug-likeness (QED) is 0.827. The van der Waals surface area contributed by atoms with Crippen LogP contribution in [0.2, 0.25) is 0 Å². The molecule has 1 amide bonds. The summed E-state index contributed by atoms with van der Waals surface area (Å²) in [5.74, 6) is -0.0168. The number of rotatable bonds is 3. The van der Waals surface area contributed by atoms with Crippen LogP contribution in [-0.4, -0.2) is 18.0 Å². The normalized spacial score (nSPS) is 20.5. The first kappa shape index (κ1) is 12.1. The summed E-state index contributed by atoms with van der Waals surface area (Å²) in [6.07, 6.45) is 3.68. The van der Waals surface area contributed by atoms with Gasteiger partial charge in [0.25, 0.3) is 0 Å². The predicted molar refractivity (Wildman–Crippen MR) is 68.7 cm³/mol. The molecule has 2 unspecified atom stereocenters. The molecule has 0 bridgehead atoms. The molecule has 1 aliphatic rings. The Balaban J connectivity index is 1.96. The third-order valence-electron chi connectivity index (χ3n) is 3.47. The molecule has 3 nitrogen and oxygen atoms in total. The van der Waals surface area contributed by atoms with Gasteiger partial charge < -0.3 is 11.1 Å². The molecule has 2 atom stereocenters. The predicted octanol–water partition coefficient (Wildman–Crippen LogP) is 1.40. The minimum atomic E-state index is -0.368. The molecule has 1 aromatic carbocycles. The molecule has 2 rings (SSSR count). The molecule has 1 aliphatic carbocycles. The van der Waals surface area contributed by atoms with Crippen molar-refractivity contribution in [3.05, 3.63) is 35.4 Å². The monoisotopic (exact) mass is 232 g/mol. The van der Waals surface area contributed by atoms with Crippen molar-refractivity contribution in [2.24, 2.45) is 5.73 Å². The largest absolute Gasteiger partial charge is 0.352 e. The van der Waals surface area contributed by atoms with E-state index in [4.69, 9.17) is 5.73 Å².